The second-order valence-electron chi connectivity index (χ2n) is 4.18. The van der Waals surface area contributed by atoms with Crippen LogP contribution in [0.1, 0.15) is 11.1 Å². The molecule has 0 fully saturated rings. The van der Waals surface area contributed by atoms with Gasteiger partial charge in [-0.25, -0.2) is 4.39 Å². The van der Waals surface area contributed by atoms with Crippen molar-refractivity contribution in [2.24, 2.45) is 0 Å². The number of rotatable bonds is 6. The Hall–Kier alpha value is -1.01. The number of nitrogens with one attached hydrogen (secondary N) is 1. The quantitative estimate of drug-likeness (QED) is 0.565. The summed E-state index contributed by atoms with van der Waals surface area (Å²) in [6, 6.07) is 4.40. The van der Waals surface area contributed by atoms with Gasteiger partial charge in [-0.1, -0.05) is 6.07 Å². The number of halogens is 1. The molecule has 96 valence electrons. The van der Waals surface area contributed by atoms with Gasteiger partial charge in [-0.3, -0.25) is 0 Å². The lowest BCUT2D eigenvalue weighted by molar-refractivity contribution is 0.0413. The molecule has 1 rings (SSSR count). The molecule has 0 saturated heterocycles. The third-order valence-corrected chi connectivity index (χ3v) is 2.87. The van der Waals surface area contributed by atoms with Crippen LogP contribution >= 0.6 is 0 Å². The molecule has 1 aromatic carbocycles. The number of hydrogen-bond acceptors (Lipinski definition) is 4. The molecule has 1 aromatic rings. The van der Waals surface area contributed by atoms with E-state index in [4.69, 9.17) is 15.3 Å². The van der Waals surface area contributed by atoms with Crippen molar-refractivity contribution >= 4 is 0 Å². The van der Waals surface area contributed by atoms with Crippen LogP contribution in [-0.2, 0) is 6.54 Å². The average Bonchev–Trinajstić information content (AvgIpc) is 2.33. The van der Waals surface area contributed by atoms with Gasteiger partial charge in [-0.2, -0.15) is 0 Å². The molecule has 0 spiro atoms. The summed E-state index contributed by atoms with van der Waals surface area (Å²) < 4.78 is 12.9. The summed E-state index contributed by atoms with van der Waals surface area (Å²) in [5.74, 6) is -0.302. The van der Waals surface area contributed by atoms with Crippen LogP contribution in [0.15, 0.2) is 18.2 Å². The third kappa shape index (κ3) is 3.47. The van der Waals surface area contributed by atoms with E-state index in [1.54, 1.807) is 13.0 Å². The fraction of sp³-hybridized carbons (Fsp3) is 0.500. The molecule has 0 saturated carbocycles. The molecule has 0 aliphatic carbocycles. The van der Waals surface area contributed by atoms with E-state index >= 15 is 0 Å². The summed E-state index contributed by atoms with van der Waals surface area (Å²) in [7, 11) is 0. The lowest BCUT2D eigenvalue weighted by atomic mass is 10.0. The number of aliphatic hydroxyl groups is 3. The average molecular weight is 243 g/mol. The number of aryl methyl sites for hydroxylation is 1. The Bertz CT molecular complexity index is 359. The molecule has 0 heterocycles. The van der Waals surface area contributed by atoms with Crippen LogP contribution in [0.3, 0.4) is 0 Å². The van der Waals surface area contributed by atoms with E-state index in [9.17, 15) is 4.39 Å². The van der Waals surface area contributed by atoms with E-state index < -0.39 is 5.54 Å². The number of aliphatic hydroxyl groups excluding tert-OH is 3. The normalized spacial score (nSPS) is 11.8. The van der Waals surface area contributed by atoms with E-state index in [1.165, 1.54) is 12.1 Å². The van der Waals surface area contributed by atoms with Gasteiger partial charge in [-0.05, 0) is 30.2 Å². The van der Waals surface area contributed by atoms with Crippen molar-refractivity contribution in [3.63, 3.8) is 0 Å². The van der Waals surface area contributed by atoms with E-state index in [0.29, 0.717) is 6.54 Å². The fourth-order valence-electron chi connectivity index (χ4n) is 1.46. The van der Waals surface area contributed by atoms with Crippen LogP contribution < -0.4 is 5.32 Å². The van der Waals surface area contributed by atoms with Gasteiger partial charge in [0.1, 0.15) is 5.82 Å². The van der Waals surface area contributed by atoms with Gasteiger partial charge >= 0.3 is 0 Å². The zero-order chi connectivity index (χ0) is 12.9. The van der Waals surface area contributed by atoms with Crippen molar-refractivity contribution in [1.29, 1.82) is 0 Å². The van der Waals surface area contributed by atoms with Gasteiger partial charge in [-0.15, -0.1) is 0 Å². The Labute approximate surface area is 99.7 Å². The first-order valence-electron chi connectivity index (χ1n) is 5.39. The third-order valence-electron chi connectivity index (χ3n) is 2.87. The van der Waals surface area contributed by atoms with Crippen molar-refractivity contribution in [2.45, 2.75) is 19.0 Å². The Morgan fingerprint density at radius 1 is 1.18 bits per heavy atom. The maximum atomic E-state index is 12.9. The van der Waals surface area contributed by atoms with Crippen molar-refractivity contribution in [3.05, 3.63) is 35.1 Å². The summed E-state index contributed by atoms with van der Waals surface area (Å²) in [5, 5.41) is 30.3. The van der Waals surface area contributed by atoms with Crippen molar-refractivity contribution < 1.29 is 19.7 Å². The van der Waals surface area contributed by atoms with Crippen LogP contribution in [0, 0.1) is 12.7 Å². The van der Waals surface area contributed by atoms with Crippen LogP contribution in [0.5, 0.6) is 0 Å². The molecule has 0 aliphatic heterocycles. The summed E-state index contributed by atoms with van der Waals surface area (Å²) >= 11 is 0. The molecule has 17 heavy (non-hydrogen) atoms. The lowest BCUT2D eigenvalue weighted by Gasteiger charge is -2.29. The second-order valence-corrected chi connectivity index (χ2v) is 4.18. The van der Waals surface area contributed by atoms with Crippen LogP contribution in [0.4, 0.5) is 4.39 Å². The molecule has 5 heteroatoms. The molecule has 0 atom stereocenters. The zero-order valence-electron chi connectivity index (χ0n) is 9.78. The van der Waals surface area contributed by atoms with Gasteiger partial charge in [0.2, 0.25) is 0 Å². The summed E-state index contributed by atoms with van der Waals surface area (Å²) in [5.41, 5.74) is 0.521. The molecule has 0 unspecified atom stereocenters. The second kappa shape index (κ2) is 6.07. The first-order chi connectivity index (χ1) is 8.06. The van der Waals surface area contributed by atoms with Gasteiger partial charge < -0.3 is 20.6 Å². The minimum atomic E-state index is -1.11. The largest absolute Gasteiger partial charge is 0.394 e. The van der Waals surface area contributed by atoms with E-state index in [2.05, 4.69) is 5.32 Å². The lowest BCUT2D eigenvalue weighted by Crippen LogP contribution is -2.54. The van der Waals surface area contributed by atoms with E-state index in [-0.39, 0.29) is 25.6 Å². The topological polar surface area (TPSA) is 72.7 Å². The van der Waals surface area contributed by atoms with E-state index in [1.807, 2.05) is 0 Å². The Balaban J connectivity index is 2.72. The molecule has 0 aromatic heterocycles. The van der Waals surface area contributed by atoms with Gasteiger partial charge in [0.25, 0.3) is 0 Å². The van der Waals surface area contributed by atoms with Crippen LogP contribution in [0.2, 0.25) is 0 Å². The predicted molar refractivity (Wildman–Crippen MR) is 62.0 cm³/mol. The number of benzene rings is 1. The van der Waals surface area contributed by atoms with E-state index in [0.717, 1.165) is 11.1 Å². The highest BCUT2D eigenvalue weighted by atomic mass is 19.1. The summed E-state index contributed by atoms with van der Waals surface area (Å²) in [4.78, 5) is 0. The smallest absolute Gasteiger partial charge is 0.123 e. The fourth-order valence-corrected chi connectivity index (χ4v) is 1.46. The maximum absolute atomic E-state index is 12.9. The molecular weight excluding hydrogens is 225 g/mol. The monoisotopic (exact) mass is 243 g/mol. The van der Waals surface area contributed by atoms with Gasteiger partial charge in [0.15, 0.2) is 0 Å². The Morgan fingerprint density at radius 3 is 2.24 bits per heavy atom. The standard InChI is InChI=1S/C12H18FNO3/c1-9-4-11(13)3-2-10(9)5-14-12(6-15,7-16)8-17/h2-4,14-17H,5-8H2,1H3. The first-order valence-corrected chi connectivity index (χ1v) is 5.39. The Kier molecular flexibility index (Phi) is 5.02. The summed E-state index contributed by atoms with van der Waals surface area (Å²) in [6.45, 7) is 0.993. The summed E-state index contributed by atoms with van der Waals surface area (Å²) in [6.07, 6.45) is 0. The molecule has 0 bridgehead atoms. The minimum Gasteiger partial charge on any atom is -0.394 e. The van der Waals surface area contributed by atoms with Gasteiger partial charge in [0.05, 0.1) is 25.4 Å². The first kappa shape index (κ1) is 14.1. The van der Waals surface area contributed by atoms with Crippen LogP contribution in [-0.4, -0.2) is 40.7 Å². The predicted octanol–water partition coefficient (Wildman–Crippen LogP) is -0.0606. The highest BCUT2D eigenvalue weighted by Crippen LogP contribution is 2.11. The van der Waals surface area contributed by atoms with Crippen molar-refractivity contribution in [3.8, 4) is 0 Å². The Morgan fingerprint density at radius 2 is 1.76 bits per heavy atom. The minimum absolute atomic E-state index is 0.302. The molecule has 0 aliphatic rings. The van der Waals surface area contributed by atoms with Crippen molar-refractivity contribution in [1.82, 2.24) is 5.32 Å². The molecule has 0 radical (unpaired) electrons. The molecular formula is C12H18FNO3. The molecule has 0 amide bonds. The SMILES string of the molecule is Cc1cc(F)ccc1CNC(CO)(CO)CO. The van der Waals surface area contributed by atoms with Crippen LogP contribution in [0.25, 0.3) is 0 Å². The highest BCUT2D eigenvalue weighted by molar-refractivity contribution is 5.26. The molecule has 4 nitrogen and oxygen atoms in total. The highest BCUT2D eigenvalue weighted by Gasteiger charge is 2.27. The maximum Gasteiger partial charge on any atom is 0.123 e. The molecule has 4 N–H and O–H groups in total. The van der Waals surface area contributed by atoms with Crippen molar-refractivity contribution in [2.75, 3.05) is 19.8 Å². The zero-order valence-corrected chi connectivity index (χ0v) is 9.78. The van der Waals surface area contributed by atoms with Gasteiger partial charge in [0, 0.05) is 6.54 Å². The number of hydrogen-bond donors (Lipinski definition) is 4.